The Morgan fingerprint density at radius 2 is 1.45 bits per heavy atom. The van der Waals surface area contributed by atoms with E-state index in [2.05, 4.69) is 42.2 Å². The smallest absolute Gasteiger partial charge is 0.227 e. The van der Waals surface area contributed by atoms with Crippen molar-refractivity contribution >= 4 is 33.1 Å². The Kier molecular flexibility index (Phi) is 5.77. The number of ether oxygens (including phenoxy) is 1. The van der Waals surface area contributed by atoms with Gasteiger partial charge in [0.15, 0.2) is 0 Å². The topological polar surface area (TPSA) is 38.3 Å². The minimum Gasteiger partial charge on any atom is -0.496 e. The van der Waals surface area contributed by atoms with Crippen LogP contribution in [-0.2, 0) is 4.79 Å². The van der Waals surface area contributed by atoms with Gasteiger partial charge in [-0.25, -0.2) is 0 Å². The maximum absolute atomic E-state index is 13.1. The van der Waals surface area contributed by atoms with Gasteiger partial charge in [0.2, 0.25) is 5.91 Å². The number of nitrogens with one attached hydrogen (secondary N) is 1. The molecule has 0 radical (unpaired) electrons. The van der Waals surface area contributed by atoms with Gasteiger partial charge in [-0.1, -0.05) is 80.6 Å². The first-order chi connectivity index (χ1) is 15.0. The quantitative estimate of drug-likeness (QED) is 0.346. The number of methoxy groups -OCH3 is 1. The third-order valence-electron chi connectivity index (χ3n) is 6.12. The number of benzene rings is 4. The number of carbonyl (C=O) groups is 1. The molecule has 4 aromatic rings. The predicted molar refractivity (Wildman–Crippen MR) is 131 cm³/mol. The molecule has 0 fully saturated rings. The average Bonchev–Trinajstić information content (AvgIpc) is 2.82. The number of fused-ring (bicyclic) bond motifs is 2. The molecular formula is C28H27NO2. The minimum absolute atomic E-state index is 0.0249. The van der Waals surface area contributed by atoms with Crippen molar-refractivity contribution < 1.29 is 9.53 Å². The highest BCUT2D eigenvalue weighted by Crippen LogP contribution is 2.44. The van der Waals surface area contributed by atoms with Gasteiger partial charge >= 0.3 is 0 Å². The van der Waals surface area contributed by atoms with Gasteiger partial charge in [-0.15, -0.1) is 6.58 Å². The fourth-order valence-electron chi connectivity index (χ4n) is 4.01. The maximum atomic E-state index is 13.1. The van der Waals surface area contributed by atoms with E-state index in [0.29, 0.717) is 0 Å². The third kappa shape index (κ3) is 3.79. The maximum Gasteiger partial charge on any atom is 0.227 e. The molecule has 1 N–H and O–H groups in total. The molecule has 0 aromatic heterocycles. The summed E-state index contributed by atoms with van der Waals surface area (Å²) in [5, 5.41) is 7.57. The zero-order valence-corrected chi connectivity index (χ0v) is 18.2. The van der Waals surface area contributed by atoms with Crippen LogP contribution >= 0.6 is 0 Å². The molecule has 3 nitrogen and oxygen atoms in total. The third-order valence-corrected chi connectivity index (χ3v) is 6.12. The Balaban J connectivity index is 2.00. The van der Waals surface area contributed by atoms with Gasteiger partial charge < -0.3 is 10.1 Å². The fourth-order valence-corrected chi connectivity index (χ4v) is 4.01. The van der Waals surface area contributed by atoms with Crippen molar-refractivity contribution in [2.75, 3.05) is 12.4 Å². The monoisotopic (exact) mass is 409 g/mol. The number of carbonyl (C=O) groups excluding carboxylic acids is 1. The summed E-state index contributed by atoms with van der Waals surface area (Å²) in [6.07, 6.45) is 1.82. The summed E-state index contributed by atoms with van der Waals surface area (Å²) in [7, 11) is 1.69. The summed E-state index contributed by atoms with van der Waals surface area (Å²) >= 11 is 0. The first kappa shape index (κ1) is 20.7. The van der Waals surface area contributed by atoms with Gasteiger partial charge in [-0.2, -0.15) is 0 Å². The minimum atomic E-state index is -0.189. The molecule has 0 spiro atoms. The van der Waals surface area contributed by atoms with Gasteiger partial charge in [0.1, 0.15) is 5.75 Å². The molecule has 0 bridgehead atoms. The van der Waals surface area contributed by atoms with E-state index in [4.69, 9.17) is 4.74 Å². The summed E-state index contributed by atoms with van der Waals surface area (Å²) in [6.45, 7) is 7.78. The molecule has 4 rings (SSSR count). The first-order valence-corrected chi connectivity index (χ1v) is 10.6. The van der Waals surface area contributed by atoms with Crippen LogP contribution in [0.5, 0.6) is 5.75 Å². The van der Waals surface area contributed by atoms with E-state index in [1.165, 1.54) is 0 Å². The molecule has 0 saturated carbocycles. The Hall–Kier alpha value is -3.59. The number of hydrogen-bond donors (Lipinski definition) is 1. The van der Waals surface area contributed by atoms with Crippen molar-refractivity contribution in [3.05, 3.63) is 85.5 Å². The standard InChI is InChI=1S/C28H27NO2/c1-5-18(2)19(3)28(30)29-24-16-14-20-10-6-8-12-22(20)26(24)27-23-13-9-7-11-21(23)15-17-25(27)31-4/h5-19H,1H2,2-4H3,(H,29,30)/t18-,19+/m1/s1. The highest BCUT2D eigenvalue weighted by molar-refractivity contribution is 6.13. The molecule has 31 heavy (non-hydrogen) atoms. The molecule has 2 atom stereocenters. The van der Waals surface area contributed by atoms with Crippen LogP contribution < -0.4 is 10.1 Å². The van der Waals surface area contributed by atoms with Crippen LogP contribution in [0.25, 0.3) is 32.7 Å². The van der Waals surface area contributed by atoms with E-state index in [9.17, 15) is 4.79 Å². The lowest BCUT2D eigenvalue weighted by molar-refractivity contribution is -0.120. The predicted octanol–water partition coefficient (Wildman–Crippen LogP) is 7.07. The number of allylic oxidation sites excluding steroid dienone is 1. The van der Waals surface area contributed by atoms with Crippen molar-refractivity contribution in [1.82, 2.24) is 0 Å². The van der Waals surface area contributed by atoms with Gasteiger partial charge in [-0.05, 0) is 39.6 Å². The number of anilines is 1. The van der Waals surface area contributed by atoms with Crippen LogP contribution in [-0.4, -0.2) is 13.0 Å². The van der Waals surface area contributed by atoms with Crippen molar-refractivity contribution in [3.63, 3.8) is 0 Å². The first-order valence-electron chi connectivity index (χ1n) is 10.6. The normalized spacial score (nSPS) is 13.0. The molecule has 4 aromatic carbocycles. The fraction of sp³-hybridized carbons (Fsp3) is 0.179. The van der Waals surface area contributed by atoms with Crippen molar-refractivity contribution in [3.8, 4) is 16.9 Å². The second kappa shape index (κ2) is 8.65. The summed E-state index contributed by atoms with van der Waals surface area (Å²) in [4.78, 5) is 13.1. The largest absolute Gasteiger partial charge is 0.496 e. The summed E-state index contributed by atoms with van der Waals surface area (Å²) < 4.78 is 5.79. The molecule has 156 valence electrons. The van der Waals surface area contributed by atoms with Crippen LogP contribution in [0, 0.1) is 11.8 Å². The van der Waals surface area contributed by atoms with Gasteiger partial charge in [0.25, 0.3) is 0 Å². The molecule has 1 amide bonds. The van der Waals surface area contributed by atoms with Gasteiger partial charge in [-0.3, -0.25) is 4.79 Å². The average molecular weight is 410 g/mol. The highest BCUT2D eigenvalue weighted by Gasteiger charge is 2.22. The van der Waals surface area contributed by atoms with Crippen LogP contribution in [0.3, 0.4) is 0 Å². The van der Waals surface area contributed by atoms with Gasteiger partial charge in [0, 0.05) is 22.7 Å². The van der Waals surface area contributed by atoms with Crippen LogP contribution in [0.4, 0.5) is 5.69 Å². The van der Waals surface area contributed by atoms with Crippen molar-refractivity contribution in [2.24, 2.45) is 11.8 Å². The zero-order valence-electron chi connectivity index (χ0n) is 18.2. The number of hydrogen-bond acceptors (Lipinski definition) is 2. The Morgan fingerprint density at radius 3 is 2.06 bits per heavy atom. The zero-order chi connectivity index (χ0) is 22.0. The highest BCUT2D eigenvalue weighted by atomic mass is 16.5. The van der Waals surface area contributed by atoms with E-state index >= 15 is 0 Å². The lowest BCUT2D eigenvalue weighted by atomic mass is 9.91. The molecule has 0 aliphatic carbocycles. The SMILES string of the molecule is C=C[C@@H](C)[C@H](C)C(=O)Nc1ccc2ccccc2c1-c1c(OC)ccc2ccccc12. The Morgan fingerprint density at radius 1 is 0.871 bits per heavy atom. The Labute approximate surface area is 183 Å². The van der Waals surface area contributed by atoms with Crippen LogP contribution in [0.1, 0.15) is 13.8 Å². The molecule has 0 aliphatic heterocycles. The summed E-state index contributed by atoms with van der Waals surface area (Å²) in [6, 6.07) is 24.6. The molecular weight excluding hydrogens is 382 g/mol. The second-order valence-corrected chi connectivity index (χ2v) is 7.95. The van der Waals surface area contributed by atoms with Crippen LogP contribution in [0.2, 0.25) is 0 Å². The molecule has 0 unspecified atom stereocenters. The second-order valence-electron chi connectivity index (χ2n) is 7.95. The van der Waals surface area contributed by atoms with Crippen molar-refractivity contribution in [2.45, 2.75) is 13.8 Å². The van der Waals surface area contributed by atoms with E-state index in [0.717, 1.165) is 44.1 Å². The van der Waals surface area contributed by atoms with E-state index in [-0.39, 0.29) is 17.7 Å². The lowest BCUT2D eigenvalue weighted by Gasteiger charge is -2.21. The molecule has 3 heteroatoms. The summed E-state index contributed by atoms with van der Waals surface area (Å²) in [5.74, 6) is 0.642. The van der Waals surface area contributed by atoms with E-state index < -0.39 is 0 Å². The molecule has 0 saturated heterocycles. The molecule has 0 heterocycles. The number of amides is 1. The van der Waals surface area contributed by atoms with E-state index in [1.54, 1.807) is 7.11 Å². The summed E-state index contributed by atoms with van der Waals surface area (Å²) in [5.41, 5.74) is 2.73. The van der Waals surface area contributed by atoms with Crippen LogP contribution in [0.15, 0.2) is 85.5 Å². The van der Waals surface area contributed by atoms with Crippen molar-refractivity contribution in [1.29, 1.82) is 0 Å². The van der Waals surface area contributed by atoms with Gasteiger partial charge in [0.05, 0.1) is 7.11 Å². The number of rotatable bonds is 6. The lowest BCUT2D eigenvalue weighted by Crippen LogP contribution is -2.25. The molecule has 0 aliphatic rings. The van der Waals surface area contributed by atoms with E-state index in [1.807, 2.05) is 62.4 Å². The Bertz CT molecular complexity index is 1270.